The molecule has 1 heterocycles. The lowest BCUT2D eigenvalue weighted by Gasteiger charge is -2.42. The second kappa shape index (κ2) is 8.19. The van der Waals surface area contributed by atoms with Gasteiger partial charge in [0.15, 0.2) is 0 Å². The van der Waals surface area contributed by atoms with Crippen molar-refractivity contribution in [3.8, 4) is 0 Å². The van der Waals surface area contributed by atoms with Crippen molar-refractivity contribution in [2.45, 2.75) is 32.9 Å². The molecule has 1 aromatic rings. The number of halogens is 2. The Labute approximate surface area is 143 Å². The zero-order valence-corrected chi connectivity index (χ0v) is 14.8. The van der Waals surface area contributed by atoms with E-state index in [0.717, 1.165) is 37.6 Å². The summed E-state index contributed by atoms with van der Waals surface area (Å²) in [4.78, 5) is 16.2. The van der Waals surface area contributed by atoms with Crippen molar-refractivity contribution in [2.75, 3.05) is 25.5 Å². The number of carbonyl (C=O) groups is 1. The Morgan fingerprint density at radius 1 is 1.36 bits per heavy atom. The number of hydrogen-bond acceptors (Lipinski definition) is 2. The maximum absolute atomic E-state index is 11.9. The van der Waals surface area contributed by atoms with Crippen molar-refractivity contribution >= 4 is 29.1 Å². The maximum Gasteiger partial charge on any atom is 0.237 e. The first-order valence-electron chi connectivity index (χ1n) is 7.82. The van der Waals surface area contributed by atoms with E-state index in [1.54, 1.807) is 0 Å². The van der Waals surface area contributed by atoms with Gasteiger partial charge in [-0.1, -0.05) is 37.6 Å². The van der Waals surface area contributed by atoms with Crippen LogP contribution in [0, 0.1) is 5.92 Å². The van der Waals surface area contributed by atoms with Gasteiger partial charge in [-0.25, -0.2) is 0 Å². The molecule has 0 bridgehead atoms. The number of amides is 1. The van der Waals surface area contributed by atoms with Crippen molar-refractivity contribution in [3.63, 3.8) is 0 Å². The van der Waals surface area contributed by atoms with Crippen LogP contribution in [0.15, 0.2) is 24.3 Å². The molecule has 1 amide bonds. The fourth-order valence-electron chi connectivity index (χ4n) is 3.05. The summed E-state index contributed by atoms with van der Waals surface area (Å²) in [6, 6.07) is 8.38. The van der Waals surface area contributed by atoms with Gasteiger partial charge >= 0.3 is 0 Å². The van der Waals surface area contributed by atoms with Crippen LogP contribution in [0.5, 0.6) is 0 Å². The molecule has 122 valence electrons. The predicted octanol–water partition coefficient (Wildman–Crippen LogP) is 3.64. The first-order chi connectivity index (χ1) is 10.5. The number of alkyl halides is 1. The summed E-state index contributed by atoms with van der Waals surface area (Å²) in [6.07, 6.45) is 1.08. The van der Waals surface area contributed by atoms with Crippen molar-refractivity contribution in [2.24, 2.45) is 5.92 Å². The van der Waals surface area contributed by atoms with Crippen molar-refractivity contribution < 1.29 is 4.79 Å². The monoisotopic (exact) mass is 342 g/mol. The highest BCUT2D eigenvalue weighted by molar-refractivity contribution is 6.30. The lowest BCUT2D eigenvalue weighted by atomic mass is 9.99. The van der Waals surface area contributed by atoms with Crippen LogP contribution >= 0.6 is 23.2 Å². The number of rotatable bonds is 5. The normalized spacial score (nSPS) is 19.7. The van der Waals surface area contributed by atoms with Gasteiger partial charge in [-0.2, -0.15) is 0 Å². The summed E-state index contributed by atoms with van der Waals surface area (Å²) >= 11 is 11.8. The first kappa shape index (κ1) is 17.6. The van der Waals surface area contributed by atoms with Gasteiger partial charge in [0.1, 0.15) is 5.88 Å². The fraction of sp³-hybridized carbons (Fsp3) is 0.588. The first-order valence-corrected chi connectivity index (χ1v) is 8.73. The number of hydrogen-bond donors (Lipinski definition) is 0. The van der Waals surface area contributed by atoms with Gasteiger partial charge in [-0.3, -0.25) is 9.69 Å². The van der Waals surface area contributed by atoms with E-state index < -0.39 is 0 Å². The summed E-state index contributed by atoms with van der Waals surface area (Å²) < 4.78 is 0. The Morgan fingerprint density at radius 3 is 2.77 bits per heavy atom. The minimum Gasteiger partial charge on any atom is -0.339 e. The third kappa shape index (κ3) is 4.87. The van der Waals surface area contributed by atoms with Gasteiger partial charge in [-0.05, 0) is 30.0 Å². The molecule has 2 rings (SSSR count). The molecule has 0 N–H and O–H groups in total. The molecule has 0 aromatic heterocycles. The lowest BCUT2D eigenvalue weighted by molar-refractivity contribution is -0.131. The van der Waals surface area contributed by atoms with Crippen LogP contribution in [0.1, 0.15) is 25.8 Å². The van der Waals surface area contributed by atoms with Crippen LogP contribution < -0.4 is 0 Å². The van der Waals surface area contributed by atoms with Gasteiger partial charge < -0.3 is 4.90 Å². The molecule has 0 spiro atoms. The van der Waals surface area contributed by atoms with Crippen molar-refractivity contribution in [1.29, 1.82) is 0 Å². The van der Waals surface area contributed by atoms with Crippen LogP contribution in [0.4, 0.5) is 0 Å². The highest BCUT2D eigenvalue weighted by Gasteiger charge is 2.29. The highest BCUT2D eigenvalue weighted by Crippen LogP contribution is 2.21. The highest BCUT2D eigenvalue weighted by atomic mass is 35.5. The number of benzene rings is 1. The third-order valence-electron chi connectivity index (χ3n) is 4.09. The molecule has 5 heteroatoms. The fourth-order valence-corrected chi connectivity index (χ4v) is 3.43. The zero-order valence-electron chi connectivity index (χ0n) is 13.3. The standard InChI is InChI=1S/C17H24Cl2N2O/c1-13(2)8-16-12-21(17(22)10-18)7-6-20(16)11-14-4-3-5-15(19)9-14/h3-5,9,13,16H,6-8,10-12H2,1-2H3/t16-/m1/s1. The van der Waals surface area contributed by atoms with E-state index in [0.29, 0.717) is 12.0 Å². The molecular formula is C17H24Cl2N2O. The Morgan fingerprint density at radius 2 is 2.14 bits per heavy atom. The Balaban J connectivity index is 2.06. The molecule has 0 radical (unpaired) electrons. The van der Waals surface area contributed by atoms with E-state index in [-0.39, 0.29) is 11.8 Å². The van der Waals surface area contributed by atoms with Crippen LogP contribution in [-0.2, 0) is 11.3 Å². The topological polar surface area (TPSA) is 23.6 Å². The van der Waals surface area contributed by atoms with Gasteiger partial charge in [-0.15, -0.1) is 11.6 Å². The number of carbonyl (C=O) groups excluding carboxylic acids is 1. The maximum atomic E-state index is 11.9. The average molecular weight is 343 g/mol. The largest absolute Gasteiger partial charge is 0.339 e. The number of nitrogens with zero attached hydrogens (tertiary/aromatic N) is 2. The van der Waals surface area contributed by atoms with Crippen LogP contribution in [0.3, 0.4) is 0 Å². The molecule has 1 saturated heterocycles. The van der Waals surface area contributed by atoms with E-state index in [2.05, 4.69) is 24.8 Å². The SMILES string of the molecule is CC(C)C[C@@H]1CN(C(=O)CCl)CCN1Cc1cccc(Cl)c1. The summed E-state index contributed by atoms with van der Waals surface area (Å²) in [6.45, 7) is 7.72. The van der Waals surface area contributed by atoms with E-state index >= 15 is 0 Å². The third-order valence-corrected chi connectivity index (χ3v) is 4.55. The summed E-state index contributed by atoms with van der Waals surface area (Å²) in [5, 5.41) is 0.772. The minimum absolute atomic E-state index is 0.0397. The minimum atomic E-state index is 0.0397. The summed E-state index contributed by atoms with van der Waals surface area (Å²) in [7, 11) is 0. The van der Waals surface area contributed by atoms with Gasteiger partial charge in [0.05, 0.1) is 0 Å². The zero-order chi connectivity index (χ0) is 16.1. The van der Waals surface area contributed by atoms with Gasteiger partial charge in [0.2, 0.25) is 5.91 Å². The molecule has 1 aliphatic heterocycles. The van der Waals surface area contributed by atoms with Crippen molar-refractivity contribution in [3.05, 3.63) is 34.9 Å². The quantitative estimate of drug-likeness (QED) is 0.762. The molecule has 0 saturated carbocycles. The smallest absolute Gasteiger partial charge is 0.237 e. The average Bonchev–Trinajstić information content (AvgIpc) is 2.47. The molecule has 1 fully saturated rings. The molecule has 3 nitrogen and oxygen atoms in total. The molecular weight excluding hydrogens is 319 g/mol. The second-order valence-corrected chi connectivity index (χ2v) is 7.06. The van der Waals surface area contributed by atoms with Crippen LogP contribution in [0.25, 0.3) is 0 Å². The van der Waals surface area contributed by atoms with E-state index in [1.807, 2.05) is 23.1 Å². The van der Waals surface area contributed by atoms with Crippen LogP contribution in [0.2, 0.25) is 5.02 Å². The Bertz CT molecular complexity index is 507. The molecule has 1 aromatic carbocycles. The van der Waals surface area contributed by atoms with Crippen molar-refractivity contribution in [1.82, 2.24) is 9.80 Å². The molecule has 22 heavy (non-hydrogen) atoms. The predicted molar refractivity (Wildman–Crippen MR) is 92.4 cm³/mol. The lowest BCUT2D eigenvalue weighted by Crippen LogP contribution is -2.55. The van der Waals surface area contributed by atoms with Gasteiger partial charge in [0.25, 0.3) is 0 Å². The van der Waals surface area contributed by atoms with Gasteiger partial charge in [0, 0.05) is 37.2 Å². The van der Waals surface area contributed by atoms with E-state index in [9.17, 15) is 4.79 Å². The molecule has 0 aliphatic carbocycles. The van der Waals surface area contributed by atoms with E-state index in [1.165, 1.54) is 5.56 Å². The summed E-state index contributed by atoms with van der Waals surface area (Å²) in [5.41, 5.74) is 1.22. The Kier molecular flexibility index (Phi) is 6.54. The second-order valence-electron chi connectivity index (χ2n) is 6.36. The Hall–Kier alpha value is -0.770. The molecule has 0 unspecified atom stereocenters. The molecule has 1 atom stereocenters. The van der Waals surface area contributed by atoms with Crippen LogP contribution in [-0.4, -0.2) is 47.3 Å². The van der Waals surface area contributed by atoms with E-state index in [4.69, 9.17) is 23.2 Å². The molecule has 1 aliphatic rings. The number of piperazine rings is 1. The summed E-state index contributed by atoms with van der Waals surface area (Å²) in [5.74, 6) is 0.707.